The molecule has 0 saturated heterocycles. The Morgan fingerprint density at radius 1 is 0.273 bits per heavy atom. The molecule has 3 aliphatic rings. The number of aryl methyl sites for hydroxylation is 6. The Hall–Kier alpha value is -4.36. The zero-order valence-corrected chi connectivity index (χ0v) is 67.1. The third-order valence-electron chi connectivity index (χ3n) is 19.4. The van der Waals surface area contributed by atoms with Crippen LogP contribution >= 0.6 is 113 Å². The van der Waals surface area contributed by atoms with Gasteiger partial charge in [0.15, 0.2) is 0 Å². The van der Waals surface area contributed by atoms with Crippen LogP contribution in [0.4, 0.5) is 52.7 Å². The van der Waals surface area contributed by atoms with E-state index in [1.54, 1.807) is 41.5 Å². The van der Waals surface area contributed by atoms with Crippen LogP contribution in [-0.2, 0) is 27.1 Å². The average Bonchev–Trinajstić information content (AvgIpc) is 1.50. The van der Waals surface area contributed by atoms with Gasteiger partial charge in [-0.15, -0.1) is 113 Å². The topological polar surface area (TPSA) is 0 Å². The van der Waals surface area contributed by atoms with Crippen molar-refractivity contribution in [1.82, 2.24) is 0 Å². The highest BCUT2D eigenvalue weighted by Crippen LogP contribution is 2.73. The van der Waals surface area contributed by atoms with Crippen LogP contribution in [0, 0.1) is 69.2 Å². The zero-order valence-electron chi connectivity index (χ0n) is 58.9. The predicted molar refractivity (Wildman–Crippen MR) is 404 cm³/mol. The second kappa shape index (κ2) is 23.8. The first-order chi connectivity index (χ1) is 45.3. The van der Waals surface area contributed by atoms with Gasteiger partial charge in [-0.05, 0) is 185 Å². The van der Waals surface area contributed by atoms with Gasteiger partial charge in [-0.3, -0.25) is 0 Å². The van der Waals surface area contributed by atoms with E-state index in [9.17, 15) is 0 Å². The van der Waals surface area contributed by atoms with Gasteiger partial charge in [0.05, 0.1) is 9.75 Å². The van der Waals surface area contributed by atoms with E-state index in [1.807, 2.05) is 130 Å². The third-order valence-corrected chi connectivity index (χ3v) is 34.0. The predicted octanol–water partition coefficient (Wildman–Crippen LogP) is 29.3. The minimum absolute atomic E-state index is 0.160. The number of allylic oxidation sites excluding steroid dienone is 4. The number of alkyl halides is 12. The minimum Gasteiger partial charge on any atom is -0.194 e. The van der Waals surface area contributed by atoms with Crippen LogP contribution in [0.3, 0.4) is 0 Å². The van der Waals surface area contributed by atoms with Crippen LogP contribution in [-0.4, -0.2) is 35.5 Å². The lowest BCUT2D eigenvalue weighted by Crippen LogP contribution is -2.49. The van der Waals surface area contributed by atoms with Crippen molar-refractivity contribution in [2.24, 2.45) is 0 Å². The minimum atomic E-state index is -5.72. The summed E-state index contributed by atoms with van der Waals surface area (Å²) in [5.41, 5.74) is -4.79. The monoisotopic (exact) mass is 1550 g/mol. The van der Waals surface area contributed by atoms with Crippen molar-refractivity contribution in [3.05, 3.63) is 175 Å². The smallest absolute Gasteiger partial charge is 0.194 e. The van der Waals surface area contributed by atoms with Crippen molar-refractivity contribution >= 4 is 136 Å². The molecule has 0 amide bonds. The molecule has 0 aliphatic heterocycles. The summed E-state index contributed by atoms with van der Waals surface area (Å²) in [6, 6.07) is 19.3. The molecule has 0 nitrogen and oxygen atoms in total. The van der Waals surface area contributed by atoms with Crippen LogP contribution in [0.1, 0.15) is 197 Å². The van der Waals surface area contributed by atoms with Crippen molar-refractivity contribution in [2.45, 2.75) is 215 Å². The molecule has 0 radical (unpaired) electrons. The first kappa shape index (κ1) is 74.4. The molecule has 0 bridgehead atoms. The molecule has 0 unspecified atom stereocenters. The fourth-order valence-corrected chi connectivity index (χ4v) is 26.4. The Morgan fingerprint density at radius 3 is 0.758 bits per heavy atom. The Kier molecular flexibility index (Phi) is 17.9. The molecule has 0 fully saturated rings. The van der Waals surface area contributed by atoms with E-state index in [2.05, 4.69) is 41.5 Å². The van der Waals surface area contributed by atoms with Gasteiger partial charge >= 0.3 is 35.5 Å². The van der Waals surface area contributed by atoms with Gasteiger partial charge in [-0.2, -0.15) is 52.7 Å². The van der Waals surface area contributed by atoms with Crippen LogP contribution < -0.4 is 0 Å². The summed E-state index contributed by atoms with van der Waals surface area (Å²) in [5, 5.41) is 0. The molecule has 10 heterocycles. The summed E-state index contributed by atoms with van der Waals surface area (Å²) in [7, 11) is 0. The average molecular weight is 1550 g/mol. The summed E-state index contributed by atoms with van der Waals surface area (Å²) in [5.74, 6) is -31.9. The SMILES string of the molecule is Cc1c(-c2ccc(C(C)(C)C)s2)sc(-c2ccc(C(C)(C)C)s2)c1C1=C(c2c(-c3ccc(C(C)(C)C)s3)sc(-c3ccc(C(C)(C)C)s3)c2C)C(F)(F)C(F)(F)C1(F)F.Cc1cc(C2(c3cc(C)c(C)s3)c3sc(C)c(C)c3C3=C(c4c2sc(C)c4C)C(F)(F)C(F)(F)C3(F)F)sc1C. The second-order valence-corrected chi connectivity index (χ2v) is 41.9. The Balaban J connectivity index is 0.000000202. The summed E-state index contributed by atoms with van der Waals surface area (Å²) in [4.78, 5) is 14.3. The fourth-order valence-electron chi connectivity index (χ4n) is 13.2. The van der Waals surface area contributed by atoms with Crippen molar-refractivity contribution in [3.63, 3.8) is 0 Å². The second-order valence-electron chi connectivity index (χ2n) is 30.5. The quantitative estimate of drug-likeness (QED) is 0.133. The van der Waals surface area contributed by atoms with Gasteiger partial charge in [-0.25, -0.2) is 0 Å². The standard InChI is InChI=1S/C47H50F6S6.C30H26F6S4/c1-23-33(39(27-17-21-31(56-27)43(9,10)11)58-37(23)25-15-19-29(54-25)41(3,4)5)35-36(46(50,51)47(52,53)45(35,48)49)34-24(2)38(26-16-20-30(55-26)42(6,7)8)59-40(34)28-18-22-32(57-28)44(12,13)14;1-11-9-19(37-15(11)5)27(20-10-12(2)16(6)38-20)25-21(13(3)17(7)39-25)23-24(22-14(4)18(8)40-26(22)27)29(33,34)30(35,36)28(23,31)32/h15-22H,1-14H3;9-10H,1-8H3. The Bertz CT molecular complexity index is 4630. The van der Waals surface area contributed by atoms with Crippen molar-refractivity contribution in [3.8, 4) is 39.0 Å². The first-order valence-electron chi connectivity index (χ1n) is 32.1. The molecule has 0 atom stereocenters. The lowest BCUT2D eigenvalue weighted by Gasteiger charge is -2.34. The highest BCUT2D eigenvalue weighted by atomic mass is 32.1. The Labute approximate surface area is 611 Å². The number of hydrogen-bond donors (Lipinski definition) is 0. The van der Waals surface area contributed by atoms with Crippen molar-refractivity contribution in [2.75, 3.05) is 0 Å². The van der Waals surface area contributed by atoms with Crippen LogP contribution in [0.5, 0.6) is 0 Å². The van der Waals surface area contributed by atoms with Gasteiger partial charge in [0.25, 0.3) is 0 Å². The van der Waals surface area contributed by atoms with Gasteiger partial charge in [-0.1, -0.05) is 83.1 Å². The van der Waals surface area contributed by atoms with Crippen LogP contribution in [0.2, 0.25) is 0 Å². The molecule has 3 aliphatic carbocycles. The molecular formula is C77H76F12S10. The molecule has 22 heteroatoms. The van der Waals surface area contributed by atoms with E-state index in [0.29, 0.717) is 59.9 Å². The maximum atomic E-state index is 17.2. The lowest BCUT2D eigenvalue weighted by atomic mass is 9.76. The summed E-state index contributed by atoms with van der Waals surface area (Å²) in [6.07, 6.45) is 0. The van der Waals surface area contributed by atoms with Gasteiger partial charge in [0.1, 0.15) is 5.41 Å². The van der Waals surface area contributed by atoms with Crippen LogP contribution in [0.15, 0.2) is 60.7 Å². The normalized spacial score (nSPS) is 18.3. The molecule has 10 aromatic heterocycles. The highest BCUT2D eigenvalue weighted by molar-refractivity contribution is 7.28. The summed E-state index contributed by atoms with van der Waals surface area (Å²) >= 11 is 13.7. The summed E-state index contributed by atoms with van der Waals surface area (Å²) < 4.78 is 196. The van der Waals surface area contributed by atoms with Crippen LogP contribution in [0.25, 0.3) is 61.3 Å². The number of halogens is 12. The highest BCUT2D eigenvalue weighted by Gasteiger charge is 2.83. The maximum absolute atomic E-state index is 17.2. The fraction of sp³-hybridized carbons (Fsp3) is 0.429. The molecule has 13 rings (SSSR count). The van der Waals surface area contributed by atoms with E-state index in [4.69, 9.17) is 0 Å². The molecule has 0 saturated carbocycles. The number of thiophene rings is 10. The van der Waals surface area contributed by atoms with E-state index >= 15 is 52.7 Å². The van der Waals surface area contributed by atoms with E-state index in [1.165, 1.54) is 113 Å². The molecule has 0 N–H and O–H groups in total. The summed E-state index contributed by atoms with van der Waals surface area (Å²) in [6.45, 7) is 42.4. The lowest BCUT2D eigenvalue weighted by molar-refractivity contribution is -0.254. The van der Waals surface area contributed by atoms with Crippen molar-refractivity contribution in [1.29, 1.82) is 0 Å². The Morgan fingerprint density at radius 2 is 0.525 bits per heavy atom. The molecule has 10 aromatic rings. The zero-order chi connectivity index (χ0) is 73.3. The van der Waals surface area contributed by atoms with E-state index in [-0.39, 0.29) is 55.0 Å². The largest absolute Gasteiger partial charge is 0.380 e. The van der Waals surface area contributed by atoms with Gasteiger partial charge < -0.3 is 0 Å². The van der Waals surface area contributed by atoms with E-state index < -0.39 is 63.2 Å². The molecular weight excluding hydrogens is 1470 g/mol. The number of hydrogen-bond acceptors (Lipinski definition) is 10. The van der Waals surface area contributed by atoms with Gasteiger partial charge in [0, 0.05) is 132 Å². The molecule has 99 heavy (non-hydrogen) atoms. The maximum Gasteiger partial charge on any atom is 0.380 e. The third kappa shape index (κ3) is 11.0. The molecule has 0 spiro atoms. The number of rotatable bonds is 8. The molecule has 528 valence electrons. The molecule has 0 aromatic carbocycles. The van der Waals surface area contributed by atoms with Gasteiger partial charge in [0.2, 0.25) is 0 Å². The van der Waals surface area contributed by atoms with E-state index in [0.717, 1.165) is 59.9 Å². The first-order valence-corrected chi connectivity index (χ1v) is 40.3. The number of fused-ring (bicyclic) bond motifs is 4. The van der Waals surface area contributed by atoms with Crippen molar-refractivity contribution < 1.29 is 52.7 Å².